The predicted octanol–water partition coefficient (Wildman–Crippen LogP) is 1.88. The third-order valence-electron chi connectivity index (χ3n) is 2.91. The van der Waals surface area contributed by atoms with Gasteiger partial charge in [-0.2, -0.15) is 0 Å². The van der Waals surface area contributed by atoms with Crippen LogP contribution in [0.5, 0.6) is 0 Å². The van der Waals surface area contributed by atoms with Gasteiger partial charge < -0.3 is 10.3 Å². The summed E-state index contributed by atoms with van der Waals surface area (Å²) in [6.07, 6.45) is 3.81. The molecule has 0 aliphatic heterocycles. The minimum Gasteiger partial charge on any atom is -0.333 e. The summed E-state index contributed by atoms with van der Waals surface area (Å²) in [6, 6.07) is 0.247. The summed E-state index contributed by atoms with van der Waals surface area (Å²) in [5.41, 5.74) is 7.41. The van der Waals surface area contributed by atoms with Gasteiger partial charge in [0.2, 0.25) is 0 Å². The number of aryl methyl sites for hydroxylation is 1. The number of hydrogen-bond acceptors (Lipinski definition) is 3. The van der Waals surface area contributed by atoms with E-state index in [0.29, 0.717) is 6.54 Å². The molecule has 0 saturated heterocycles. The average Bonchev–Trinajstić information content (AvgIpc) is 2.64. The summed E-state index contributed by atoms with van der Waals surface area (Å²) in [5, 5.41) is 0. The highest BCUT2D eigenvalue weighted by atomic mass is 15.2. The van der Waals surface area contributed by atoms with Gasteiger partial charge in [-0.25, -0.2) is 4.98 Å². The monoisotopic (exact) mass is 238 g/mol. The Bertz CT molecular complexity index is 337. The van der Waals surface area contributed by atoms with Crippen LogP contribution in [0.3, 0.4) is 0 Å². The van der Waals surface area contributed by atoms with E-state index in [0.717, 1.165) is 13.1 Å². The van der Waals surface area contributed by atoms with E-state index in [1.54, 1.807) is 0 Å². The van der Waals surface area contributed by atoms with Crippen molar-refractivity contribution in [3.8, 4) is 0 Å². The smallest absolute Gasteiger partial charge is 0.0948 e. The second kappa shape index (κ2) is 5.65. The minimum absolute atomic E-state index is 0.247. The zero-order valence-electron chi connectivity index (χ0n) is 11.8. The first-order chi connectivity index (χ1) is 7.89. The van der Waals surface area contributed by atoms with Gasteiger partial charge in [0.1, 0.15) is 0 Å². The summed E-state index contributed by atoms with van der Waals surface area (Å²) in [7, 11) is 2.13. The van der Waals surface area contributed by atoms with Crippen LogP contribution in [0.15, 0.2) is 12.5 Å². The van der Waals surface area contributed by atoms with Gasteiger partial charge in [-0.15, -0.1) is 0 Å². The minimum atomic E-state index is 0.247. The lowest BCUT2D eigenvalue weighted by molar-refractivity contribution is 0.170. The van der Waals surface area contributed by atoms with Gasteiger partial charge in [-0.05, 0) is 19.4 Å². The lowest BCUT2D eigenvalue weighted by Crippen LogP contribution is -2.37. The van der Waals surface area contributed by atoms with E-state index in [4.69, 9.17) is 5.73 Å². The zero-order chi connectivity index (χ0) is 13.1. The molecule has 98 valence electrons. The third-order valence-corrected chi connectivity index (χ3v) is 2.91. The molecule has 1 atom stereocenters. The van der Waals surface area contributed by atoms with E-state index in [2.05, 4.69) is 49.2 Å². The molecule has 2 N–H and O–H groups in total. The second-order valence-corrected chi connectivity index (χ2v) is 5.83. The van der Waals surface area contributed by atoms with Gasteiger partial charge in [-0.3, -0.25) is 4.90 Å². The number of nitrogens with zero attached hydrogens (tertiary/aromatic N) is 3. The first kappa shape index (κ1) is 14.2. The van der Waals surface area contributed by atoms with Crippen molar-refractivity contribution in [2.45, 2.75) is 40.3 Å². The fraction of sp³-hybridized carbons (Fsp3) is 0.769. The van der Waals surface area contributed by atoms with Gasteiger partial charge in [0, 0.05) is 25.8 Å². The summed E-state index contributed by atoms with van der Waals surface area (Å²) < 4.78 is 2.16. The van der Waals surface area contributed by atoms with Crippen LogP contribution in [0.4, 0.5) is 0 Å². The highest BCUT2D eigenvalue weighted by molar-refractivity contribution is 5.06. The van der Waals surface area contributed by atoms with Crippen LogP contribution in [-0.4, -0.2) is 34.6 Å². The molecule has 4 heteroatoms. The first-order valence-electron chi connectivity index (χ1n) is 6.29. The molecule has 0 spiro atoms. The van der Waals surface area contributed by atoms with Crippen LogP contribution in [0.25, 0.3) is 0 Å². The molecule has 1 rings (SSSR count). The zero-order valence-corrected chi connectivity index (χ0v) is 11.8. The molecule has 0 aliphatic carbocycles. The number of aromatic nitrogens is 2. The Hall–Kier alpha value is -0.870. The molecular formula is C13H26N4. The Morgan fingerprint density at radius 1 is 1.47 bits per heavy atom. The van der Waals surface area contributed by atoms with Crippen LogP contribution in [0.2, 0.25) is 0 Å². The van der Waals surface area contributed by atoms with E-state index in [1.165, 1.54) is 5.69 Å². The molecule has 0 saturated carbocycles. The van der Waals surface area contributed by atoms with Gasteiger partial charge in [0.05, 0.1) is 18.1 Å². The van der Waals surface area contributed by atoms with E-state index in [9.17, 15) is 0 Å². The highest BCUT2D eigenvalue weighted by Gasteiger charge is 2.23. The molecule has 0 aromatic carbocycles. The van der Waals surface area contributed by atoms with E-state index < -0.39 is 0 Å². The van der Waals surface area contributed by atoms with Crippen molar-refractivity contribution < 1.29 is 0 Å². The fourth-order valence-electron chi connectivity index (χ4n) is 2.26. The van der Waals surface area contributed by atoms with Crippen LogP contribution in [-0.2, 0) is 6.54 Å². The van der Waals surface area contributed by atoms with Crippen LogP contribution >= 0.6 is 0 Å². The summed E-state index contributed by atoms with van der Waals surface area (Å²) in [4.78, 5) is 6.54. The quantitative estimate of drug-likeness (QED) is 0.852. The highest BCUT2D eigenvalue weighted by Crippen LogP contribution is 2.23. The van der Waals surface area contributed by atoms with Gasteiger partial charge >= 0.3 is 0 Å². The summed E-state index contributed by atoms with van der Waals surface area (Å²) in [5.74, 6) is 0. The number of rotatable bonds is 5. The molecule has 0 radical (unpaired) electrons. The van der Waals surface area contributed by atoms with Gasteiger partial charge in [-0.1, -0.05) is 20.8 Å². The van der Waals surface area contributed by atoms with Gasteiger partial charge in [0.15, 0.2) is 0 Å². The molecule has 1 unspecified atom stereocenters. The van der Waals surface area contributed by atoms with Crippen molar-refractivity contribution in [1.29, 1.82) is 0 Å². The lowest BCUT2D eigenvalue weighted by Gasteiger charge is -2.33. The molecule has 0 fully saturated rings. The average molecular weight is 238 g/mol. The number of nitrogens with two attached hydrogens (primary N) is 1. The molecule has 4 nitrogen and oxygen atoms in total. The topological polar surface area (TPSA) is 47.1 Å². The largest absolute Gasteiger partial charge is 0.333 e. The predicted molar refractivity (Wildman–Crippen MR) is 71.8 cm³/mol. The molecule has 0 aliphatic rings. The maximum absolute atomic E-state index is 5.92. The standard InChI is InChI=1S/C13H26N4/c1-6-17-10-15-8-12(17)11(7-14)16(5)9-13(2,3)4/h8,10-11H,6-7,9,14H2,1-5H3. The normalized spacial score (nSPS) is 14.3. The summed E-state index contributed by atoms with van der Waals surface area (Å²) in [6.45, 7) is 11.4. The maximum Gasteiger partial charge on any atom is 0.0948 e. The Morgan fingerprint density at radius 2 is 2.12 bits per heavy atom. The van der Waals surface area contributed by atoms with Crippen molar-refractivity contribution in [2.75, 3.05) is 20.1 Å². The molecule has 1 heterocycles. The maximum atomic E-state index is 5.92. The lowest BCUT2D eigenvalue weighted by atomic mass is 9.95. The molecular weight excluding hydrogens is 212 g/mol. The molecule has 1 aromatic heterocycles. The second-order valence-electron chi connectivity index (χ2n) is 5.83. The van der Waals surface area contributed by atoms with Crippen molar-refractivity contribution in [3.05, 3.63) is 18.2 Å². The molecule has 17 heavy (non-hydrogen) atoms. The Balaban J connectivity index is 2.84. The summed E-state index contributed by atoms with van der Waals surface area (Å²) >= 11 is 0. The van der Waals surface area contributed by atoms with Crippen LogP contribution < -0.4 is 5.73 Å². The van der Waals surface area contributed by atoms with Crippen LogP contribution in [0, 0.1) is 5.41 Å². The number of likely N-dealkylation sites (N-methyl/N-ethyl adjacent to an activating group) is 1. The van der Waals surface area contributed by atoms with Crippen LogP contribution in [0.1, 0.15) is 39.4 Å². The number of hydrogen-bond donors (Lipinski definition) is 1. The van der Waals surface area contributed by atoms with E-state index in [1.807, 2.05) is 12.5 Å². The fourth-order valence-corrected chi connectivity index (χ4v) is 2.26. The van der Waals surface area contributed by atoms with Gasteiger partial charge in [0.25, 0.3) is 0 Å². The third kappa shape index (κ3) is 3.82. The van der Waals surface area contributed by atoms with Crippen molar-refractivity contribution in [2.24, 2.45) is 11.1 Å². The van der Waals surface area contributed by atoms with E-state index >= 15 is 0 Å². The van der Waals surface area contributed by atoms with Crippen molar-refractivity contribution >= 4 is 0 Å². The Kier molecular flexibility index (Phi) is 4.71. The van der Waals surface area contributed by atoms with Crippen molar-refractivity contribution in [3.63, 3.8) is 0 Å². The SMILES string of the molecule is CCn1cncc1C(CN)N(C)CC(C)(C)C. The Labute approximate surface area is 105 Å². The first-order valence-corrected chi connectivity index (χ1v) is 6.29. The van der Waals surface area contributed by atoms with Crippen molar-refractivity contribution in [1.82, 2.24) is 14.5 Å². The molecule has 0 amide bonds. The molecule has 1 aromatic rings. The number of imidazole rings is 1. The molecule has 0 bridgehead atoms. The van der Waals surface area contributed by atoms with E-state index in [-0.39, 0.29) is 11.5 Å². The Morgan fingerprint density at radius 3 is 2.59 bits per heavy atom.